The number of thiazole rings is 1. The van der Waals surface area contributed by atoms with Crippen molar-refractivity contribution in [2.75, 3.05) is 32.6 Å². The molecule has 1 amide bonds. The lowest BCUT2D eigenvalue weighted by molar-refractivity contribution is 0.0605. The van der Waals surface area contributed by atoms with E-state index in [0.29, 0.717) is 16.5 Å². The fourth-order valence-electron chi connectivity index (χ4n) is 5.70. The Morgan fingerprint density at radius 1 is 1.16 bits per heavy atom. The molecule has 0 saturated heterocycles. The van der Waals surface area contributed by atoms with Crippen LogP contribution in [0.1, 0.15) is 70.3 Å². The number of aromatic nitrogens is 1. The van der Waals surface area contributed by atoms with Crippen molar-refractivity contribution in [2.45, 2.75) is 46.0 Å². The van der Waals surface area contributed by atoms with Gasteiger partial charge in [-0.2, -0.15) is 0 Å². The molecule has 1 saturated carbocycles. The summed E-state index contributed by atoms with van der Waals surface area (Å²) in [5, 5.41) is 4.69. The van der Waals surface area contributed by atoms with Crippen LogP contribution in [0, 0.1) is 18.8 Å². The third kappa shape index (κ3) is 5.63. The number of benzene rings is 1. The average molecular weight is 550 g/mol. The Balaban J connectivity index is 1.50. The van der Waals surface area contributed by atoms with Crippen LogP contribution in [0.2, 0.25) is 0 Å². The summed E-state index contributed by atoms with van der Waals surface area (Å²) in [4.78, 5) is 33.6. The molecule has 2 aliphatic rings. The summed E-state index contributed by atoms with van der Waals surface area (Å²) in [6.45, 7) is 6.25. The zero-order valence-corrected chi connectivity index (χ0v) is 24.1. The average Bonchev–Trinajstić information content (AvgIpc) is 3.61. The molecule has 38 heavy (non-hydrogen) atoms. The van der Waals surface area contributed by atoms with Crippen LogP contribution >= 0.6 is 22.7 Å². The predicted molar refractivity (Wildman–Crippen MR) is 156 cm³/mol. The molecule has 0 radical (unpaired) electrons. The number of nitrogens with zero attached hydrogens (tertiary/aromatic N) is 2. The third-order valence-electron chi connectivity index (χ3n) is 7.94. The number of hydrogen-bond donors (Lipinski definition) is 1. The molecule has 0 bridgehead atoms. The lowest BCUT2D eigenvalue weighted by Crippen LogP contribution is -2.30. The van der Waals surface area contributed by atoms with Gasteiger partial charge in [-0.1, -0.05) is 31.4 Å². The summed E-state index contributed by atoms with van der Waals surface area (Å²) in [6.07, 6.45) is 6.09. The topological polar surface area (TPSA) is 71.5 Å². The summed E-state index contributed by atoms with van der Waals surface area (Å²) in [7, 11) is 3.62. The number of thiophene rings is 1. The van der Waals surface area contributed by atoms with Crippen LogP contribution in [0.3, 0.4) is 0 Å². The molecule has 1 aliphatic carbocycles. The highest BCUT2D eigenvalue weighted by atomic mass is 32.1. The van der Waals surface area contributed by atoms with Gasteiger partial charge >= 0.3 is 5.97 Å². The normalized spacial score (nSPS) is 20.4. The van der Waals surface area contributed by atoms with E-state index in [1.165, 1.54) is 61.0 Å². The van der Waals surface area contributed by atoms with E-state index in [1.807, 2.05) is 19.1 Å². The molecular weight excluding hydrogens is 514 g/mol. The number of methoxy groups -OCH3 is 1. The van der Waals surface area contributed by atoms with Crippen LogP contribution in [0.15, 0.2) is 40.7 Å². The summed E-state index contributed by atoms with van der Waals surface area (Å²) < 4.78 is 5.24. The van der Waals surface area contributed by atoms with Crippen LogP contribution in [0.5, 0.6) is 0 Å². The van der Waals surface area contributed by atoms with Gasteiger partial charge in [0.2, 0.25) is 0 Å². The maximum Gasteiger partial charge on any atom is 0.348 e. The van der Waals surface area contributed by atoms with Gasteiger partial charge in [0.15, 0.2) is 0 Å². The minimum Gasteiger partial charge on any atom is -0.465 e. The number of likely N-dealkylation sites (N-methyl/N-ethyl adjacent to an activating group) is 1. The number of rotatable bonds is 6. The highest BCUT2D eigenvalue weighted by Gasteiger charge is 2.30. The molecule has 2 aromatic heterocycles. The predicted octanol–water partition coefficient (Wildman–Crippen LogP) is 7.13. The van der Waals surface area contributed by atoms with Crippen molar-refractivity contribution in [1.29, 1.82) is 0 Å². The summed E-state index contributed by atoms with van der Waals surface area (Å²) in [6, 6.07) is 8.18. The minimum atomic E-state index is -0.280. The van der Waals surface area contributed by atoms with E-state index >= 15 is 0 Å². The van der Waals surface area contributed by atoms with Crippen molar-refractivity contribution >= 4 is 45.8 Å². The number of hydrogen-bond acceptors (Lipinski definition) is 7. The second-order valence-electron chi connectivity index (χ2n) is 10.7. The van der Waals surface area contributed by atoms with Gasteiger partial charge in [0.1, 0.15) is 10.6 Å². The fourth-order valence-corrected chi connectivity index (χ4v) is 7.33. The van der Waals surface area contributed by atoms with E-state index in [-0.39, 0.29) is 11.9 Å². The molecule has 5 rings (SSSR count). The van der Waals surface area contributed by atoms with E-state index in [4.69, 9.17) is 4.74 Å². The number of aryl methyl sites for hydroxylation is 1. The van der Waals surface area contributed by atoms with Crippen LogP contribution in [0.4, 0.5) is 5.69 Å². The van der Waals surface area contributed by atoms with Gasteiger partial charge in [0.25, 0.3) is 5.91 Å². The second-order valence-corrected chi connectivity index (χ2v) is 12.4. The number of anilines is 1. The molecular formula is C30H35N3O3S2. The first-order valence-corrected chi connectivity index (χ1v) is 15.0. The van der Waals surface area contributed by atoms with E-state index in [1.54, 1.807) is 16.5 Å². The van der Waals surface area contributed by atoms with Crippen molar-refractivity contribution in [2.24, 2.45) is 11.8 Å². The zero-order valence-electron chi connectivity index (χ0n) is 22.5. The van der Waals surface area contributed by atoms with Crippen molar-refractivity contribution < 1.29 is 14.3 Å². The van der Waals surface area contributed by atoms with Crippen LogP contribution in [-0.4, -0.2) is 49.0 Å². The Kier molecular flexibility index (Phi) is 8.12. The maximum absolute atomic E-state index is 13.0. The fraction of sp³-hybridized carbons (Fsp3) is 0.433. The van der Waals surface area contributed by atoms with Gasteiger partial charge in [-0.15, -0.1) is 22.7 Å². The number of carbonyl (C=O) groups excluding carboxylic acids is 2. The zero-order chi connectivity index (χ0) is 26.8. The number of carbonyl (C=O) groups is 2. The quantitative estimate of drug-likeness (QED) is 0.331. The molecule has 3 heterocycles. The van der Waals surface area contributed by atoms with Gasteiger partial charge < -0.3 is 15.0 Å². The molecule has 8 heteroatoms. The molecule has 1 fully saturated rings. The van der Waals surface area contributed by atoms with Crippen LogP contribution in [0.25, 0.3) is 16.0 Å². The standard InChI is InChI=1S/C30H35N3O3S2/c1-18-5-7-20(8-6-18)22-11-12-33(3)15-24(22)23-14-27(38-28(23)30(35)36-4)21-9-10-25(19(2)13-21)32-29(34)26-16-37-17-31-26/h9-10,13-14,16-18,20H,5-8,11-12,15H2,1-4H3,(H,32,34). The second kappa shape index (κ2) is 11.5. The Bertz CT molecular complexity index is 1350. The molecule has 1 N–H and O–H groups in total. The van der Waals surface area contributed by atoms with Crippen LogP contribution in [-0.2, 0) is 4.74 Å². The highest BCUT2D eigenvalue weighted by Crippen LogP contribution is 2.43. The first kappa shape index (κ1) is 26.8. The lowest BCUT2D eigenvalue weighted by atomic mass is 9.75. The number of amides is 1. The van der Waals surface area contributed by atoms with Crippen molar-refractivity contribution in [1.82, 2.24) is 9.88 Å². The molecule has 0 unspecified atom stereocenters. The van der Waals surface area contributed by atoms with Crippen molar-refractivity contribution in [3.63, 3.8) is 0 Å². The van der Waals surface area contributed by atoms with Gasteiger partial charge in [-0.3, -0.25) is 4.79 Å². The van der Waals surface area contributed by atoms with Gasteiger partial charge in [-0.05, 0) is 80.0 Å². The first-order chi connectivity index (χ1) is 18.3. The van der Waals surface area contributed by atoms with Gasteiger partial charge in [-0.25, -0.2) is 9.78 Å². The Labute approximate surface area is 232 Å². The van der Waals surface area contributed by atoms with Gasteiger partial charge in [0.05, 0.1) is 12.6 Å². The number of nitrogens with one attached hydrogen (secondary N) is 1. The summed E-state index contributed by atoms with van der Waals surface area (Å²) in [5.74, 6) is 0.910. The third-order valence-corrected chi connectivity index (χ3v) is 9.69. The summed E-state index contributed by atoms with van der Waals surface area (Å²) >= 11 is 2.89. The Hall–Kier alpha value is -2.81. The maximum atomic E-state index is 13.0. The smallest absolute Gasteiger partial charge is 0.348 e. The van der Waals surface area contributed by atoms with E-state index in [2.05, 4.69) is 41.3 Å². The van der Waals surface area contributed by atoms with Crippen molar-refractivity contribution in [3.8, 4) is 10.4 Å². The molecule has 1 aliphatic heterocycles. The monoisotopic (exact) mass is 549 g/mol. The molecule has 1 aromatic carbocycles. The lowest BCUT2D eigenvalue weighted by Gasteiger charge is -2.35. The largest absolute Gasteiger partial charge is 0.465 e. The van der Waals surface area contributed by atoms with E-state index < -0.39 is 0 Å². The molecule has 0 atom stereocenters. The molecule has 3 aromatic rings. The highest BCUT2D eigenvalue weighted by molar-refractivity contribution is 7.17. The van der Waals surface area contributed by atoms with E-state index in [0.717, 1.165) is 52.7 Å². The van der Waals surface area contributed by atoms with Crippen LogP contribution < -0.4 is 5.32 Å². The Morgan fingerprint density at radius 3 is 2.63 bits per heavy atom. The SMILES string of the molecule is COC(=O)c1sc(-c2ccc(NC(=O)c3cscn3)c(C)c2)cc1C1=C(C2CCC(C)CC2)CCN(C)C1. The van der Waals surface area contributed by atoms with Gasteiger partial charge in [0, 0.05) is 34.6 Å². The summed E-state index contributed by atoms with van der Waals surface area (Å²) in [5.41, 5.74) is 8.67. The molecule has 6 nitrogen and oxygen atoms in total. The minimum absolute atomic E-state index is 0.216. The van der Waals surface area contributed by atoms with E-state index in [9.17, 15) is 9.59 Å². The Morgan fingerprint density at radius 2 is 1.95 bits per heavy atom. The first-order valence-electron chi connectivity index (χ1n) is 13.3. The van der Waals surface area contributed by atoms with Crippen molar-refractivity contribution in [3.05, 3.63) is 62.4 Å². The molecule has 200 valence electrons. The number of ether oxygens (including phenoxy) is 1. The number of esters is 1. The molecule has 0 spiro atoms.